The molecule has 0 aliphatic heterocycles. The molecule has 0 N–H and O–H groups in total. The summed E-state index contributed by atoms with van der Waals surface area (Å²) < 4.78 is 6.68. The topological polar surface area (TPSA) is 61.2 Å². The van der Waals surface area contributed by atoms with E-state index in [1.807, 2.05) is 0 Å². The first-order chi connectivity index (χ1) is 9.10. The van der Waals surface area contributed by atoms with Gasteiger partial charge in [-0.15, -0.1) is 0 Å². The third kappa shape index (κ3) is 3.07. The molecule has 1 aromatic carbocycles. The predicted molar refractivity (Wildman–Crippen MR) is 69.5 cm³/mol. The number of ether oxygens (including phenoxy) is 1. The van der Waals surface area contributed by atoms with Crippen molar-refractivity contribution < 1.29 is 14.3 Å². The summed E-state index contributed by atoms with van der Waals surface area (Å²) in [7, 11) is 3.33. The van der Waals surface area contributed by atoms with Gasteiger partial charge in [0.1, 0.15) is 11.4 Å². The van der Waals surface area contributed by atoms with Crippen LogP contribution >= 0.6 is 0 Å². The van der Waals surface area contributed by atoms with Gasteiger partial charge in [-0.05, 0) is 24.3 Å². The highest BCUT2D eigenvalue weighted by Gasteiger charge is 2.15. The summed E-state index contributed by atoms with van der Waals surface area (Å²) in [6.07, 6.45) is 2.96. The Balaban J connectivity index is 2.06. The molecule has 0 atom stereocenters. The van der Waals surface area contributed by atoms with Crippen molar-refractivity contribution in [2.45, 2.75) is 6.42 Å². The first-order valence-corrected chi connectivity index (χ1v) is 5.78. The van der Waals surface area contributed by atoms with E-state index in [9.17, 15) is 9.59 Å². The molecule has 0 saturated carbocycles. The van der Waals surface area contributed by atoms with E-state index in [4.69, 9.17) is 4.74 Å². The number of aromatic nitrogens is 2. The van der Waals surface area contributed by atoms with Crippen molar-refractivity contribution in [2.24, 2.45) is 7.05 Å². The van der Waals surface area contributed by atoms with Gasteiger partial charge in [0.2, 0.25) is 0 Å². The summed E-state index contributed by atoms with van der Waals surface area (Å²) in [5.41, 5.74) is 0.800. The molecule has 0 bridgehead atoms. The molecule has 0 unspecified atom stereocenters. The van der Waals surface area contributed by atoms with Gasteiger partial charge in [0.15, 0.2) is 11.6 Å². The fourth-order valence-electron chi connectivity index (χ4n) is 1.67. The maximum absolute atomic E-state index is 11.9. The molecule has 1 heterocycles. The van der Waals surface area contributed by atoms with Crippen LogP contribution in [-0.2, 0) is 7.05 Å². The zero-order valence-electron chi connectivity index (χ0n) is 10.8. The van der Waals surface area contributed by atoms with Crippen molar-refractivity contribution >= 4 is 11.6 Å². The normalized spacial score (nSPS) is 10.2. The van der Waals surface area contributed by atoms with Gasteiger partial charge in [0.25, 0.3) is 0 Å². The first-order valence-electron chi connectivity index (χ1n) is 5.78. The second-order valence-electron chi connectivity index (χ2n) is 4.18. The predicted octanol–water partition coefficient (Wildman–Crippen LogP) is 1.88. The van der Waals surface area contributed by atoms with Crippen LogP contribution in [0.1, 0.15) is 27.3 Å². The second kappa shape index (κ2) is 5.48. The molecule has 0 saturated heterocycles. The highest BCUT2D eigenvalue weighted by atomic mass is 16.5. The second-order valence-corrected chi connectivity index (χ2v) is 4.18. The van der Waals surface area contributed by atoms with Crippen LogP contribution in [0, 0.1) is 0 Å². The average Bonchev–Trinajstić information content (AvgIpc) is 2.85. The molecule has 0 aliphatic carbocycles. The van der Waals surface area contributed by atoms with Crippen LogP contribution in [0.2, 0.25) is 0 Å². The van der Waals surface area contributed by atoms with Gasteiger partial charge >= 0.3 is 0 Å². The fourth-order valence-corrected chi connectivity index (χ4v) is 1.67. The summed E-state index contributed by atoms with van der Waals surface area (Å²) in [5, 5.41) is 0. The summed E-state index contributed by atoms with van der Waals surface area (Å²) in [5.74, 6) is 0.173. The van der Waals surface area contributed by atoms with E-state index in [1.165, 1.54) is 6.33 Å². The summed E-state index contributed by atoms with van der Waals surface area (Å²) >= 11 is 0. The minimum atomic E-state index is -0.276. The lowest BCUT2D eigenvalue weighted by atomic mass is 10.0. The van der Waals surface area contributed by atoms with Crippen molar-refractivity contribution in [1.82, 2.24) is 9.55 Å². The third-order valence-corrected chi connectivity index (χ3v) is 2.72. The van der Waals surface area contributed by atoms with Gasteiger partial charge in [-0.1, -0.05) is 0 Å². The number of benzene rings is 1. The molecule has 0 aliphatic rings. The third-order valence-electron chi connectivity index (χ3n) is 2.72. The molecular formula is C14H14N2O3. The molecule has 5 nitrogen and oxygen atoms in total. The molecule has 0 fully saturated rings. The van der Waals surface area contributed by atoms with Gasteiger partial charge < -0.3 is 9.30 Å². The standard InChI is InChI=1S/C14H14N2O3/c1-16-8-12(15-9-16)14(18)7-13(17)10-3-5-11(19-2)6-4-10/h3-6,8-9H,7H2,1-2H3. The lowest BCUT2D eigenvalue weighted by Crippen LogP contribution is -2.09. The number of carbonyl (C=O) groups excluding carboxylic acids is 2. The van der Waals surface area contributed by atoms with E-state index >= 15 is 0 Å². The van der Waals surface area contributed by atoms with Crippen LogP contribution in [0.25, 0.3) is 0 Å². The molecule has 0 amide bonds. The molecule has 0 spiro atoms. The summed E-state index contributed by atoms with van der Waals surface area (Å²) in [6, 6.07) is 6.68. The average molecular weight is 258 g/mol. The van der Waals surface area contributed by atoms with Crippen LogP contribution < -0.4 is 4.74 Å². The maximum atomic E-state index is 11.9. The maximum Gasteiger partial charge on any atom is 0.190 e. The van der Waals surface area contributed by atoms with Crippen molar-refractivity contribution in [1.29, 1.82) is 0 Å². The van der Waals surface area contributed by atoms with Crippen LogP contribution in [0.15, 0.2) is 36.8 Å². The number of Topliss-reactive ketones (excluding diaryl/α,β-unsaturated/α-hetero) is 2. The Morgan fingerprint density at radius 3 is 2.42 bits per heavy atom. The largest absolute Gasteiger partial charge is 0.497 e. The molecule has 1 aromatic heterocycles. The zero-order chi connectivity index (χ0) is 13.8. The molecular weight excluding hydrogens is 244 g/mol. The van der Waals surface area contributed by atoms with Gasteiger partial charge in [-0.3, -0.25) is 9.59 Å². The van der Waals surface area contributed by atoms with E-state index in [1.54, 1.807) is 49.2 Å². The van der Waals surface area contributed by atoms with Crippen molar-refractivity contribution in [3.8, 4) is 5.75 Å². The summed E-state index contributed by atoms with van der Waals surface area (Å²) in [4.78, 5) is 27.7. The van der Waals surface area contributed by atoms with Gasteiger partial charge in [0.05, 0.1) is 19.9 Å². The molecule has 0 radical (unpaired) electrons. The number of methoxy groups -OCH3 is 1. The van der Waals surface area contributed by atoms with Gasteiger partial charge in [-0.25, -0.2) is 4.98 Å². The van der Waals surface area contributed by atoms with Crippen LogP contribution in [-0.4, -0.2) is 28.2 Å². The Kier molecular flexibility index (Phi) is 3.75. The number of ketones is 2. The highest BCUT2D eigenvalue weighted by Crippen LogP contribution is 2.13. The number of aryl methyl sites for hydroxylation is 1. The van der Waals surface area contributed by atoms with Crippen LogP contribution in [0.5, 0.6) is 5.75 Å². The number of hydrogen-bond acceptors (Lipinski definition) is 4. The fraction of sp³-hybridized carbons (Fsp3) is 0.214. The highest BCUT2D eigenvalue weighted by molar-refractivity contribution is 6.12. The molecule has 19 heavy (non-hydrogen) atoms. The van der Waals surface area contributed by atoms with E-state index in [0.717, 1.165) is 0 Å². The van der Waals surface area contributed by atoms with E-state index < -0.39 is 0 Å². The Hall–Kier alpha value is -2.43. The number of imidazole rings is 1. The Labute approximate surface area is 110 Å². The molecule has 98 valence electrons. The van der Waals surface area contributed by atoms with Crippen LogP contribution in [0.4, 0.5) is 0 Å². The summed E-state index contributed by atoms with van der Waals surface area (Å²) in [6.45, 7) is 0. The minimum absolute atomic E-state index is 0.177. The van der Waals surface area contributed by atoms with Crippen molar-refractivity contribution in [3.05, 3.63) is 48.0 Å². The van der Waals surface area contributed by atoms with Gasteiger partial charge in [0, 0.05) is 18.8 Å². The van der Waals surface area contributed by atoms with Crippen LogP contribution in [0.3, 0.4) is 0 Å². The van der Waals surface area contributed by atoms with E-state index in [-0.39, 0.29) is 18.0 Å². The monoisotopic (exact) mass is 258 g/mol. The molecule has 2 rings (SSSR count). The van der Waals surface area contributed by atoms with E-state index in [2.05, 4.69) is 4.98 Å². The number of carbonyl (C=O) groups is 2. The smallest absolute Gasteiger partial charge is 0.190 e. The Morgan fingerprint density at radius 2 is 1.89 bits per heavy atom. The Morgan fingerprint density at radius 1 is 1.21 bits per heavy atom. The lowest BCUT2D eigenvalue weighted by molar-refractivity contribution is 0.0891. The number of nitrogens with zero attached hydrogens (tertiary/aromatic N) is 2. The number of rotatable bonds is 5. The zero-order valence-corrected chi connectivity index (χ0v) is 10.8. The lowest BCUT2D eigenvalue weighted by Gasteiger charge is -2.02. The Bertz CT molecular complexity index is 599. The van der Waals surface area contributed by atoms with E-state index in [0.29, 0.717) is 17.0 Å². The van der Waals surface area contributed by atoms with Crippen molar-refractivity contribution in [3.63, 3.8) is 0 Å². The number of hydrogen-bond donors (Lipinski definition) is 0. The molecule has 5 heteroatoms. The molecule has 2 aromatic rings. The van der Waals surface area contributed by atoms with Crippen molar-refractivity contribution in [2.75, 3.05) is 7.11 Å². The van der Waals surface area contributed by atoms with Gasteiger partial charge in [-0.2, -0.15) is 0 Å². The SMILES string of the molecule is COc1ccc(C(=O)CC(=O)c2cn(C)cn2)cc1. The first kappa shape index (κ1) is 13.0. The quantitative estimate of drug-likeness (QED) is 0.607. The minimum Gasteiger partial charge on any atom is -0.497 e.